The Morgan fingerprint density at radius 2 is 2.00 bits per heavy atom. The number of rotatable bonds is 5. The normalized spacial score (nSPS) is 11.2. The topological polar surface area (TPSA) is 59.1 Å². The first-order valence-electron chi connectivity index (χ1n) is 4.67. The van der Waals surface area contributed by atoms with Gasteiger partial charge >= 0.3 is 5.51 Å². The van der Waals surface area contributed by atoms with Crippen LogP contribution in [0.4, 0.5) is 13.2 Å². The zero-order chi connectivity index (χ0) is 12.9. The molecule has 0 saturated heterocycles. The lowest BCUT2D eigenvalue weighted by molar-refractivity contribution is -0.0329. The zero-order valence-corrected chi connectivity index (χ0v) is 9.57. The van der Waals surface area contributed by atoms with Crippen molar-refractivity contribution in [2.24, 2.45) is 5.73 Å². The van der Waals surface area contributed by atoms with Gasteiger partial charge in [0.2, 0.25) is 0 Å². The van der Waals surface area contributed by atoms with Crippen molar-refractivity contribution in [1.82, 2.24) is 0 Å². The molecule has 3 N–H and O–H groups in total. The molecule has 0 bridgehead atoms. The van der Waals surface area contributed by atoms with Gasteiger partial charge in [-0.15, -0.1) is 0 Å². The van der Waals surface area contributed by atoms with Crippen molar-refractivity contribution in [2.75, 3.05) is 12.4 Å². The van der Waals surface area contributed by atoms with Crippen molar-refractivity contribution >= 4 is 17.6 Å². The molecule has 1 aromatic rings. The minimum atomic E-state index is -4.25. The van der Waals surface area contributed by atoms with E-state index in [0.29, 0.717) is 11.3 Å². The fourth-order valence-electron chi connectivity index (χ4n) is 1.12. The maximum atomic E-state index is 11.8. The summed E-state index contributed by atoms with van der Waals surface area (Å²) < 4.78 is 40.7. The smallest absolute Gasteiger partial charge is 0.441 e. The van der Waals surface area contributed by atoms with Gasteiger partial charge in [0.1, 0.15) is 11.6 Å². The van der Waals surface area contributed by atoms with Crippen molar-refractivity contribution in [2.45, 2.75) is 5.51 Å². The molecule has 17 heavy (non-hydrogen) atoms. The summed E-state index contributed by atoms with van der Waals surface area (Å²) in [5, 5.41) is 7.27. The number of benzene rings is 1. The third kappa shape index (κ3) is 4.99. The molecular formula is C10H11F3N2OS. The highest BCUT2D eigenvalue weighted by molar-refractivity contribution is 8.00. The SMILES string of the molecule is N=C(N)c1ccccc1OCCSC(F)(F)F. The Kier molecular flexibility index (Phi) is 4.68. The van der Waals surface area contributed by atoms with Crippen LogP contribution in [0.5, 0.6) is 5.75 Å². The Bertz CT molecular complexity index is 395. The van der Waals surface area contributed by atoms with Gasteiger partial charge < -0.3 is 10.5 Å². The first-order valence-corrected chi connectivity index (χ1v) is 5.65. The van der Waals surface area contributed by atoms with Crippen molar-refractivity contribution < 1.29 is 17.9 Å². The number of thioether (sulfide) groups is 1. The van der Waals surface area contributed by atoms with Gasteiger partial charge in [-0.3, -0.25) is 5.41 Å². The second-order valence-corrected chi connectivity index (χ2v) is 4.21. The maximum absolute atomic E-state index is 11.8. The number of alkyl halides is 3. The van der Waals surface area contributed by atoms with Crippen molar-refractivity contribution in [1.29, 1.82) is 5.41 Å². The Morgan fingerprint density at radius 1 is 1.35 bits per heavy atom. The highest BCUT2D eigenvalue weighted by Gasteiger charge is 2.27. The Labute approximate surface area is 101 Å². The molecule has 0 atom stereocenters. The summed E-state index contributed by atoms with van der Waals surface area (Å²) in [6, 6.07) is 6.48. The molecular weight excluding hydrogens is 253 g/mol. The number of nitrogen functional groups attached to an aromatic ring is 1. The van der Waals surface area contributed by atoms with Crippen LogP contribution in [-0.2, 0) is 0 Å². The van der Waals surface area contributed by atoms with Crippen LogP contribution >= 0.6 is 11.8 Å². The highest BCUT2D eigenvalue weighted by atomic mass is 32.2. The summed E-state index contributed by atoms with van der Waals surface area (Å²) in [6.07, 6.45) is 0. The van der Waals surface area contributed by atoms with E-state index in [2.05, 4.69) is 0 Å². The van der Waals surface area contributed by atoms with Gasteiger partial charge in [-0.2, -0.15) is 13.2 Å². The molecule has 3 nitrogen and oxygen atoms in total. The van der Waals surface area contributed by atoms with Gasteiger partial charge in [-0.05, 0) is 23.9 Å². The average Bonchev–Trinajstić information content (AvgIpc) is 2.23. The van der Waals surface area contributed by atoms with Crippen molar-refractivity contribution in [3.63, 3.8) is 0 Å². The zero-order valence-electron chi connectivity index (χ0n) is 8.75. The molecule has 0 aliphatic heterocycles. The highest BCUT2D eigenvalue weighted by Crippen LogP contribution is 2.29. The lowest BCUT2D eigenvalue weighted by Gasteiger charge is -2.10. The van der Waals surface area contributed by atoms with Crippen LogP contribution in [0.3, 0.4) is 0 Å². The fraction of sp³-hybridized carbons (Fsp3) is 0.300. The molecule has 0 unspecified atom stereocenters. The number of hydrogen-bond acceptors (Lipinski definition) is 3. The number of para-hydroxylation sites is 1. The quantitative estimate of drug-likeness (QED) is 0.488. The van der Waals surface area contributed by atoms with Crippen LogP contribution in [0.15, 0.2) is 24.3 Å². The van der Waals surface area contributed by atoms with E-state index in [1.165, 1.54) is 0 Å². The summed E-state index contributed by atoms with van der Waals surface area (Å²) >= 11 is -0.143. The minimum absolute atomic E-state index is 0.0888. The molecule has 0 spiro atoms. The summed E-state index contributed by atoms with van der Waals surface area (Å²) in [5.74, 6) is -0.0534. The minimum Gasteiger partial charge on any atom is -0.492 e. The monoisotopic (exact) mass is 264 g/mol. The van der Waals surface area contributed by atoms with E-state index in [1.807, 2.05) is 0 Å². The number of halogens is 3. The molecule has 0 amide bonds. The third-order valence-electron chi connectivity index (χ3n) is 1.78. The first-order chi connectivity index (χ1) is 7.90. The average molecular weight is 264 g/mol. The number of nitrogens with two attached hydrogens (primary N) is 1. The van der Waals surface area contributed by atoms with Crippen LogP contribution in [0.2, 0.25) is 0 Å². The van der Waals surface area contributed by atoms with Crippen LogP contribution in [0.1, 0.15) is 5.56 Å². The van der Waals surface area contributed by atoms with Gasteiger partial charge in [0, 0.05) is 5.75 Å². The molecule has 0 aliphatic rings. The van der Waals surface area contributed by atoms with Gasteiger partial charge in [0.15, 0.2) is 0 Å². The van der Waals surface area contributed by atoms with Gasteiger partial charge in [0.25, 0.3) is 0 Å². The molecule has 1 rings (SSSR count). The standard InChI is InChI=1S/C10H11F3N2OS/c11-10(12,13)17-6-5-16-8-4-2-1-3-7(8)9(14)15/h1-4H,5-6H2,(H3,14,15). The molecule has 0 aromatic heterocycles. The molecule has 0 saturated carbocycles. The van der Waals surface area contributed by atoms with Crippen LogP contribution in [-0.4, -0.2) is 23.7 Å². The number of hydrogen-bond donors (Lipinski definition) is 2. The molecule has 0 aliphatic carbocycles. The molecule has 0 radical (unpaired) electrons. The summed E-state index contributed by atoms with van der Waals surface area (Å²) in [6.45, 7) is -0.0888. The van der Waals surface area contributed by atoms with E-state index in [-0.39, 0.29) is 30.0 Å². The number of nitrogens with one attached hydrogen (secondary N) is 1. The lowest BCUT2D eigenvalue weighted by atomic mass is 10.2. The largest absolute Gasteiger partial charge is 0.492 e. The Balaban J connectivity index is 2.49. The summed E-state index contributed by atoms with van der Waals surface area (Å²) in [7, 11) is 0. The van der Waals surface area contributed by atoms with Gasteiger partial charge in [0.05, 0.1) is 12.2 Å². The van der Waals surface area contributed by atoms with E-state index in [4.69, 9.17) is 15.9 Å². The van der Waals surface area contributed by atoms with E-state index in [1.54, 1.807) is 24.3 Å². The van der Waals surface area contributed by atoms with Crippen molar-refractivity contribution in [3.05, 3.63) is 29.8 Å². The second-order valence-electron chi connectivity index (χ2n) is 3.05. The molecule has 94 valence electrons. The van der Waals surface area contributed by atoms with E-state index in [9.17, 15) is 13.2 Å². The Hall–Kier alpha value is -1.37. The third-order valence-corrected chi connectivity index (χ3v) is 2.48. The fourth-order valence-corrected chi connectivity index (χ4v) is 1.52. The Morgan fingerprint density at radius 3 is 2.59 bits per heavy atom. The van der Waals surface area contributed by atoms with Crippen LogP contribution < -0.4 is 10.5 Å². The predicted octanol–water partition coefficient (Wildman–Crippen LogP) is 2.60. The molecule has 0 fully saturated rings. The number of amidine groups is 1. The van der Waals surface area contributed by atoms with E-state index in [0.717, 1.165) is 0 Å². The molecule has 7 heteroatoms. The van der Waals surface area contributed by atoms with Gasteiger partial charge in [-0.25, -0.2) is 0 Å². The number of ether oxygens (including phenoxy) is 1. The summed E-state index contributed by atoms with van der Waals surface area (Å²) in [5.41, 5.74) is 1.44. The predicted molar refractivity (Wildman–Crippen MR) is 61.5 cm³/mol. The van der Waals surface area contributed by atoms with Gasteiger partial charge in [-0.1, -0.05) is 12.1 Å². The van der Waals surface area contributed by atoms with Crippen LogP contribution in [0.25, 0.3) is 0 Å². The van der Waals surface area contributed by atoms with Crippen molar-refractivity contribution in [3.8, 4) is 5.75 Å². The van der Waals surface area contributed by atoms with E-state index >= 15 is 0 Å². The molecule has 1 aromatic carbocycles. The summed E-state index contributed by atoms with van der Waals surface area (Å²) in [4.78, 5) is 0. The lowest BCUT2D eigenvalue weighted by Crippen LogP contribution is -2.14. The second kappa shape index (κ2) is 5.81. The van der Waals surface area contributed by atoms with Crippen LogP contribution in [0, 0.1) is 5.41 Å². The molecule has 0 heterocycles. The van der Waals surface area contributed by atoms with E-state index < -0.39 is 5.51 Å². The first kappa shape index (κ1) is 13.7. The maximum Gasteiger partial charge on any atom is 0.441 e.